The maximum atomic E-state index is 11.8. The monoisotopic (exact) mass is 242 g/mol. The van der Waals surface area contributed by atoms with Crippen molar-refractivity contribution in [3.8, 4) is 0 Å². The second-order valence-corrected chi connectivity index (χ2v) is 3.99. The van der Waals surface area contributed by atoms with Crippen molar-refractivity contribution in [2.24, 2.45) is 0 Å². The molecule has 18 heavy (non-hydrogen) atoms. The van der Waals surface area contributed by atoms with Gasteiger partial charge >= 0.3 is 0 Å². The SMILES string of the molecule is C[C@@H](O)c1ccc(NC(=O)c2cccnc2)cc1. The Morgan fingerprint density at radius 2 is 2.00 bits per heavy atom. The van der Waals surface area contributed by atoms with E-state index in [2.05, 4.69) is 10.3 Å². The Morgan fingerprint density at radius 3 is 2.56 bits per heavy atom. The predicted molar refractivity (Wildman–Crippen MR) is 69.3 cm³/mol. The third-order valence-corrected chi connectivity index (χ3v) is 2.57. The summed E-state index contributed by atoms with van der Waals surface area (Å²) in [4.78, 5) is 15.7. The van der Waals surface area contributed by atoms with E-state index in [1.54, 1.807) is 49.5 Å². The van der Waals surface area contributed by atoms with Gasteiger partial charge in [0.1, 0.15) is 0 Å². The van der Waals surface area contributed by atoms with Gasteiger partial charge in [-0.25, -0.2) is 0 Å². The molecule has 0 aliphatic rings. The van der Waals surface area contributed by atoms with Gasteiger partial charge in [-0.05, 0) is 36.8 Å². The fourth-order valence-corrected chi connectivity index (χ4v) is 1.55. The number of carbonyl (C=O) groups is 1. The van der Waals surface area contributed by atoms with E-state index in [0.29, 0.717) is 11.3 Å². The maximum absolute atomic E-state index is 11.8. The van der Waals surface area contributed by atoms with Gasteiger partial charge in [0.25, 0.3) is 5.91 Å². The molecule has 0 unspecified atom stereocenters. The minimum atomic E-state index is -0.506. The number of benzene rings is 1. The number of amides is 1. The molecule has 2 rings (SSSR count). The number of nitrogens with zero attached hydrogens (tertiary/aromatic N) is 1. The molecule has 0 aliphatic carbocycles. The summed E-state index contributed by atoms with van der Waals surface area (Å²) in [5.41, 5.74) is 2.01. The highest BCUT2D eigenvalue weighted by Gasteiger charge is 2.06. The van der Waals surface area contributed by atoms with Crippen molar-refractivity contribution in [2.45, 2.75) is 13.0 Å². The van der Waals surface area contributed by atoms with E-state index >= 15 is 0 Å². The number of pyridine rings is 1. The van der Waals surface area contributed by atoms with Gasteiger partial charge in [-0.15, -0.1) is 0 Å². The first-order valence-electron chi connectivity index (χ1n) is 5.66. The van der Waals surface area contributed by atoms with Gasteiger partial charge in [0, 0.05) is 18.1 Å². The van der Waals surface area contributed by atoms with Crippen LogP contribution in [0, 0.1) is 0 Å². The molecule has 0 saturated heterocycles. The molecule has 1 atom stereocenters. The average molecular weight is 242 g/mol. The molecule has 0 spiro atoms. The molecule has 1 aromatic heterocycles. The summed E-state index contributed by atoms with van der Waals surface area (Å²) in [5.74, 6) is -0.201. The second kappa shape index (κ2) is 5.42. The van der Waals surface area contributed by atoms with E-state index in [9.17, 15) is 9.90 Å². The molecule has 0 fully saturated rings. The van der Waals surface area contributed by atoms with Gasteiger partial charge in [0.05, 0.1) is 11.7 Å². The molecular formula is C14H14N2O2. The Bertz CT molecular complexity index is 521. The molecule has 1 heterocycles. The maximum Gasteiger partial charge on any atom is 0.257 e. The molecule has 2 N–H and O–H groups in total. The van der Waals surface area contributed by atoms with Crippen molar-refractivity contribution in [3.05, 3.63) is 59.9 Å². The largest absolute Gasteiger partial charge is 0.389 e. The van der Waals surface area contributed by atoms with Gasteiger partial charge in [-0.3, -0.25) is 9.78 Å². The van der Waals surface area contributed by atoms with Crippen molar-refractivity contribution in [3.63, 3.8) is 0 Å². The molecule has 1 aromatic carbocycles. The zero-order valence-electron chi connectivity index (χ0n) is 10.00. The number of anilines is 1. The lowest BCUT2D eigenvalue weighted by Gasteiger charge is -2.07. The molecule has 2 aromatic rings. The third kappa shape index (κ3) is 2.93. The Kier molecular flexibility index (Phi) is 3.69. The highest BCUT2D eigenvalue weighted by Crippen LogP contribution is 2.16. The number of aliphatic hydroxyl groups is 1. The standard InChI is InChI=1S/C14H14N2O2/c1-10(17)11-4-6-13(7-5-11)16-14(18)12-3-2-8-15-9-12/h2-10,17H,1H3,(H,16,18)/t10-/m1/s1. The fourth-order valence-electron chi connectivity index (χ4n) is 1.55. The lowest BCUT2D eigenvalue weighted by Crippen LogP contribution is -2.11. The third-order valence-electron chi connectivity index (χ3n) is 2.57. The molecule has 4 nitrogen and oxygen atoms in total. The van der Waals surface area contributed by atoms with Crippen molar-refractivity contribution in [2.75, 3.05) is 5.32 Å². The van der Waals surface area contributed by atoms with Crippen LogP contribution in [0.3, 0.4) is 0 Å². The summed E-state index contributed by atoms with van der Waals surface area (Å²) >= 11 is 0. The summed E-state index contributed by atoms with van der Waals surface area (Å²) in [7, 11) is 0. The summed E-state index contributed by atoms with van der Waals surface area (Å²) in [6.07, 6.45) is 2.63. The van der Waals surface area contributed by atoms with E-state index in [0.717, 1.165) is 5.56 Å². The predicted octanol–water partition coefficient (Wildman–Crippen LogP) is 2.39. The number of hydrogen-bond acceptors (Lipinski definition) is 3. The lowest BCUT2D eigenvalue weighted by molar-refractivity contribution is 0.102. The zero-order valence-corrected chi connectivity index (χ0v) is 10.00. The quantitative estimate of drug-likeness (QED) is 0.868. The van der Waals surface area contributed by atoms with Gasteiger partial charge in [0.15, 0.2) is 0 Å². The number of rotatable bonds is 3. The first kappa shape index (κ1) is 12.3. The summed E-state index contributed by atoms with van der Waals surface area (Å²) in [6, 6.07) is 10.5. The highest BCUT2D eigenvalue weighted by atomic mass is 16.3. The van der Waals surface area contributed by atoms with Gasteiger partial charge in [-0.2, -0.15) is 0 Å². The van der Waals surface area contributed by atoms with Crippen LogP contribution >= 0.6 is 0 Å². The van der Waals surface area contributed by atoms with Gasteiger partial charge in [0.2, 0.25) is 0 Å². The van der Waals surface area contributed by atoms with Crippen LogP contribution in [0.25, 0.3) is 0 Å². The van der Waals surface area contributed by atoms with Gasteiger partial charge < -0.3 is 10.4 Å². The van der Waals surface area contributed by atoms with Gasteiger partial charge in [-0.1, -0.05) is 12.1 Å². The molecule has 0 bridgehead atoms. The van der Waals surface area contributed by atoms with Crippen LogP contribution < -0.4 is 5.32 Å². The van der Waals surface area contributed by atoms with Crippen LogP contribution in [0.4, 0.5) is 5.69 Å². The number of nitrogens with one attached hydrogen (secondary N) is 1. The number of aliphatic hydroxyl groups excluding tert-OH is 1. The molecule has 4 heteroatoms. The lowest BCUT2D eigenvalue weighted by atomic mass is 10.1. The first-order valence-corrected chi connectivity index (χ1v) is 5.66. The Balaban J connectivity index is 2.08. The number of hydrogen-bond donors (Lipinski definition) is 2. The molecular weight excluding hydrogens is 228 g/mol. The smallest absolute Gasteiger partial charge is 0.257 e. The van der Waals surface area contributed by atoms with E-state index < -0.39 is 6.10 Å². The van der Waals surface area contributed by atoms with Crippen molar-refractivity contribution < 1.29 is 9.90 Å². The Hall–Kier alpha value is -2.20. The van der Waals surface area contributed by atoms with E-state index in [-0.39, 0.29) is 5.91 Å². The Morgan fingerprint density at radius 1 is 1.28 bits per heavy atom. The molecule has 0 radical (unpaired) electrons. The molecule has 0 saturated carbocycles. The summed E-state index contributed by atoms with van der Waals surface area (Å²) in [5, 5.41) is 12.1. The van der Waals surface area contributed by atoms with E-state index in [1.807, 2.05) is 0 Å². The summed E-state index contributed by atoms with van der Waals surface area (Å²) < 4.78 is 0. The highest BCUT2D eigenvalue weighted by molar-refractivity contribution is 6.03. The number of carbonyl (C=O) groups excluding carboxylic acids is 1. The summed E-state index contributed by atoms with van der Waals surface area (Å²) in [6.45, 7) is 1.70. The van der Waals surface area contributed by atoms with Crippen LogP contribution in [-0.4, -0.2) is 16.0 Å². The van der Waals surface area contributed by atoms with Crippen LogP contribution in [0.2, 0.25) is 0 Å². The Labute approximate surface area is 105 Å². The number of aromatic nitrogens is 1. The normalized spacial score (nSPS) is 11.9. The first-order chi connectivity index (χ1) is 8.66. The van der Waals surface area contributed by atoms with Crippen LogP contribution in [0.5, 0.6) is 0 Å². The van der Waals surface area contributed by atoms with E-state index in [4.69, 9.17) is 0 Å². The van der Waals surface area contributed by atoms with Crippen molar-refractivity contribution in [1.29, 1.82) is 0 Å². The zero-order chi connectivity index (χ0) is 13.0. The van der Waals surface area contributed by atoms with Crippen molar-refractivity contribution >= 4 is 11.6 Å². The molecule has 0 aliphatic heterocycles. The second-order valence-electron chi connectivity index (χ2n) is 3.99. The van der Waals surface area contributed by atoms with Crippen LogP contribution in [0.1, 0.15) is 28.9 Å². The average Bonchev–Trinajstić information content (AvgIpc) is 2.40. The topological polar surface area (TPSA) is 62.2 Å². The van der Waals surface area contributed by atoms with Crippen LogP contribution in [-0.2, 0) is 0 Å². The van der Waals surface area contributed by atoms with Crippen molar-refractivity contribution in [1.82, 2.24) is 4.98 Å². The minimum Gasteiger partial charge on any atom is -0.389 e. The molecule has 92 valence electrons. The molecule has 1 amide bonds. The minimum absolute atomic E-state index is 0.201. The van der Waals surface area contributed by atoms with Crippen LogP contribution in [0.15, 0.2) is 48.8 Å². The van der Waals surface area contributed by atoms with E-state index in [1.165, 1.54) is 6.20 Å². The fraction of sp³-hybridized carbons (Fsp3) is 0.143.